The molecule has 1 aromatic heterocycles. The summed E-state index contributed by atoms with van der Waals surface area (Å²) in [7, 11) is 0. The second-order valence-corrected chi connectivity index (χ2v) is 6.05. The number of aromatic nitrogens is 1. The van der Waals surface area contributed by atoms with E-state index in [1.54, 1.807) is 0 Å². The Morgan fingerprint density at radius 1 is 1.45 bits per heavy atom. The van der Waals surface area contributed by atoms with Crippen LogP contribution in [0.5, 0.6) is 0 Å². The fourth-order valence-corrected chi connectivity index (χ4v) is 1.62. The van der Waals surface area contributed by atoms with Gasteiger partial charge in [-0.25, -0.2) is 4.79 Å². The number of carbonyl (C=O) groups excluding carboxylic acids is 1. The van der Waals surface area contributed by atoms with E-state index in [1.807, 2.05) is 33.8 Å². The third-order valence-electron chi connectivity index (χ3n) is 3.11. The van der Waals surface area contributed by atoms with E-state index < -0.39 is 0 Å². The molecular weight excluding hydrogens is 258 g/mol. The van der Waals surface area contributed by atoms with Crippen molar-refractivity contribution in [3.05, 3.63) is 17.5 Å². The highest BCUT2D eigenvalue weighted by atomic mass is 16.5. The molecule has 0 saturated heterocycles. The SMILES string of the molecule is CC(C)c1cc(CNC(=O)NCC(C)(C)CCO)on1. The van der Waals surface area contributed by atoms with Crippen LogP contribution in [0.2, 0.25) is 0 Å². The van der Waals surface area contributed by atoms with E-state index in [2.05, 4.69) is 15.8 Å². The smallest absolute Gasteiger partial charge is 0.315 e. The van der Waals surface area contributed by atoms with Gasteiger partial charge in [-0.3, -0.25) is 0 Å². The molecule has 114 valence electrons. The lowest BCUT2D eigenvalue weighted by Gasteiger charge is -2.23. The lowest BCUT2D eigenvalue weighted by atomic mass is 9.90. The highest BCUT2D eigenvalue weighted by Crippen LogP contribution is 2.17. The number of amides is 2. The average molecular weight is 283 g/mol. The van der Waals surface area contributed by atoms with Crippen molar-refractivity contribution in [2.24, 2.45) is 5.41 Å². The van der Waals surface area contributed by atoms with Gasteiger partial charge in [-0.15, -0.1) is 0 Å². The van der Waals surface area contributed by atoms with Crippen molar-refractivity contribution in [1.82, 2.24) is 15.8 Å². The summed E-state index contributed by atoms with van der Waals surface area (Å²) in [6, 6.07) is 1.60. The Labute approximate surface area is 119 Å². The Morgan fingerprint density at radius 3 is 2.70 bits per heavy atom. The minimum Gasteiger partial charge on any atom is -0.396 e. The molecule has 6 nitrogen and oxygen atoms in total. The maximum Gasteiger partial charge on any atom is 0.315 e. The number of hydrogen-bond acceptors (Lipinski definition) is 4. The monoisotopic (exact) mass is 283 g/mol. The first-order valence-electron chi connectivity index (χ1n) is 6.92. The fraction of sp³-hybridized carbons (Fsp3) is 0.714. The maximum atomic E-state index is 11.7. The van der Waals surface area contributed by atoms with E-state index in [0.29, 0.717) is 31.2 Å². The average Bonchev–Trinajstić information content (AvgIpc) is 2.83. The van der Waals surface area contributed by atoms with Crippen molar-refractivity contribution >= 4 is 6.03 Å². The quantitative estimate of drug-likeness (QED) is 0.714. The summed E-state index contributed by atoms with van der Waals surface area (Å²) in [4.78, 5) is 11.7. The predicted molar refractivity (Wildman–Crippen MR) is 76.3 cm³/mol. The van der Waals surface area contributed by atoms with E-state index in [4.69, 9.17) is 9.63 Å². The van der Waals surface area contributed by atoms with Crippen LogP contribution < -0.4 is 10.6 Å². The summed E-state index contributed by atoms with van der Waals surface area (Å²) in [6.07, 6.45) is 0.646. The van der Waals surface area contributed by atoms with E-state index in [0.717, 1.165) is 5.69 Å². The zero-order valence-electron chi connectivity index (χ0n) is 12.7. The maximum absolute atomic E-state index is 11.7. The molecule has 0 aromatic carbocycles. The van der Waals surface area contributed by atoms with Crippen LogP contribution in [0.1, 0.15) is 51.5 Å². The Bertz CT molecular complexity index is 427. The van der Waals surface area contributed by atoms with Crippen molar-refractivity contribution in [1.29, 1.82) is 0 Å². The molecule has 0 saturated carbocycles. The molecule has 0 fully saturated rings. The Kier molecular flexibility index (Phi) is 6.01. The van der Waals surface area contributed by atoms with Crippen LogP contribution in [0, 0.1) is 5.41 Å². The first-order chi connectivity index (χ1) is 9.34. The molecule has 6 heteroatoms. The molecule has 1 heterocycles. The number of nitrogens with one attached hydrogen (secondary N) is 2. The molecular formula is C14H25N3O3. The number of carbonyl (C=O) groups is 1. The standard InChI is InChI=1S/C14H25N3O3/c1-10(2)12-7-11(20-17-12)8-15-13(19)16-9-14(3,4)5-6-18/h7,10,18H,5-6,8-9H2,1-4H3,(H2,15,16,19). The number of nitrogens with zero attached hydrogens (tertiary/aromatic N) is 1. The van der Waals surface area contributed by atoms with Crippen LogP contribution in [-0.4, -0.2) is 29.4 Å². The van der Waals surface area contributed by atoms with Gasteiger partial charge < -0.3 is 20.3 Å². The molecule has 0 radical (unpaired) electrons. The third kappa shape index (κ3) is 5.61. The molecule has 1 aromatic rings. The Balaban J connectivity index is 2.32. The van der Waals surface area contributed by atoms with E-state index in [1.165, 1.54) is 0 Å². The zero-order chi connectivity index (χ0) is 15.2. The van der Waals surface area contributed by atoms with Crippen LogP contribution >= 0.6 is 0 Å². The van der Waals surface area contributed by atoms with Gasteiger partial charge in [0.1, 0.15) is 0 Å². The highest BCUT2D eigenvalue weighted by Gasteiger charge is 2.18. The van der Waals surface area contributed by atoms with Crippen LogP contribution in [0.15, 0.2) is 10.6 Å². The number of rotatable bonds is 7. The molecule has 0 unspecified atom stereocenters. The van der Waals surface area contributed by atoms with Gasteiger partial charge in [0.2, 0.25) is 0 Å². The summed E-state index contributed by atoms with van der Waals surface area (Å²) >= 11 is 0. The van der Waals surface area contributed by atoms with E-state index >= 15 is 0 Å². The van der Waals surface area contributed by atoms with Gasteiger partial charge in [0.05, 0.1) is 12.2 Å². The first-order valence-corrected chi connectivity index (χ1v) is 6.92. The van der Waals surface area contributed by atoms with Crippen molar-refractivity contribution in [2.45, 2.75) is 46.6 Å². The van der Waals surface area contributed by atoms with Gasteiger partial charge in [0, 0.05) is 19.2 Å². The summed E-state index contributed by atoms with van der Waals surface area (Å²) < 4.78 is 5.13. The molecule has 0 aliphatic heterocycles. The van der Waals surface area contributed by atoms with Crippen LogP contribution in [0.4, 0.5) is 4.79 Å². The summed E-state index contributed by atoms with van der Waals surface area (Å²) in [5.41, 5.74) is 0.759. The minimum absolute atomic E-state index is 0.117. The van der Waals surface area contributed by atoms with Gasteiger partial charge in [-0.05, 0) is 17.8 Å². The number of hydrogen-bond donors (Lipinski definition) is 3. The van der Waals surface area contributed by atoms with E-state index in [9.17, 15) is 4.79 Å². The van der Waals surface area contributed by atoms with Crippen molar-refractivity contribution in [2.75, 3.05) is 13.2 Å². The largest absolute Gasteiger partial charge is 0.396 e. The van der Waals surface area contributed by atoms with Gasteiger partial charge >= 0.3 is 6.03 Å². The Morgan fingerprint density at radius 2 is 2.15 bits per heavy atom. The summed E-state index contributed by atoms with van der Waals surface area (Å²) in [5, 5.41) is 18.4. The molecule has 20 heavy (non-hydrogen) atoms. The number of aliphatic hydroxyl groups excluding tert-OH is 1. The van der Waals surface area contributed by atoms with Gasteiger partial charge in [-0.1, -0.05) is 32.9 Å². The molecule has 0 aliphatic carbocycles. The Hall–Kier alpha value is -1.56. The first kappa shape index (κ1) is 16.5. The van der Waals surface area contributed by atoms with Gasteiger partial charge in [0.25, 0.3) is 0 Å². The number of urea groups is 1. The van der Waals surface area contributed by atoms with Crippen molar-refractivity contribution in [3.63, 3.8) is 0 Å². The molecule has 0 bridgehead atoms. The molecule has 0 spiro atoms. The van der Waals surface area contributed by atoms with Crippen LogP contribution in [-0.2, 0) is 6.54 Å². The van der Waals surface area contributed by atoms with E-state index in [-0.39, 0.29) is 18.1 Å². The van der Waals surface area contributed by atoms with Crippen molar-refractivity contribution < 1.29 is 14.4 Å². The second-order valence-electron chi connectivity index (χ2n) is 6.05. The topological polar surface area (TPSA) is 87.4 Å². The third-order valence-corrected chi connectivity index (χ3v) is 3.11. The summed E-state index contributed by atoms with van der Waals surface area (Å²) in [5.74, 6) is 0.944. The molecule has 0 atom stereocenters. The van der Waals surface area contributed by atoms with Crippen LogP contribution in [0.3, 0.4) is 0 Å². The second kappa shape index (κ2) is 7.28. The summed E-state index contributed by atoms with van der Waals surface area (Å²) in [6.45, 7) is 8.99. The van der Waals surface area contributed by atoms with Gasteiger partial charge in [-0.2, -0.15) is 0 Å². The predicted octanol–water partition coefficient (Wildman–Crippen LogP) is 2.01. The normalized spacial score (nSPS) is 11.7. The highest BCUT2D eigenvalue weighted by molar-refractivity contribution is 5.73. The zero-order valence-corrected chi connectivity index (χ0v) is 12.7. The molecule has 0 aliphatic rings. The van der Waals surface area contributed by atoms with Crippen molar-refractivity contribution in [3.8, 4) is 0 Å². The lowest BCUT2D eigenvalue weighted by molar-refractivity contribution is 0.201. The lowest BCUT2D eigenvalue weighted by Crippen LogP contribution is -2.40. The minimum atomic E-state index is -0.251. The molecule has 2 amide bonds. The van der Waals surface area contributed by atoms with Gasteiger partial charge in [0.15, 0.2) is 5.76 Å². The van der Waals surface area contributed by atoms with Crippen LogP contribution in [0.25, 0.3) is 0 Å². The molecule has 1 rings (SSSR count). The number of aliphatic hydroxyl groups is 1. The molecule has 3 N–H and O–H groups in total. The fourth-order valence-electron chi connectivity index (χ4n) is 1.62.